The molecule has 3 heteroatoms. The number of nitrogens with zero attached hydrogens (tertiary/aromatic N) is 1. The van der Waals surface area contributed by atoms with Gasteiger partial charge in [-0.25, -0.2) is 4.39 Å². The molecule has 0 amide bonds. The molecule has 1 atom stereocenters. The van der Waals surface area contributed by atoms with Crippen molar-refractivity contribution in [1.82, 2.24) is 0 Å². The van der Waals surface area contributed by atoms with Gasteiger partial charge in [-0.2, -0.15) is 0 Å². The van der Waals surface area contributed by atoms with Gasteiger partial charge in [-0.3, -0.25) is 0 Å². The predicted octanol–water partition coefficient (Wildman–Crippen LogP) is 3.97. The maximum Gasteiger partial charge on any atom is 0.125 e. The molecule has 2 rings (SSSR count). The third-order valence-electron chi connectivity index (χ3n) is 3.80. The molecule has 0 bridgehead atoms. The average Bonchev–Trinajstić information content (AvgIpc) is 2.44. The standard InChI is InChI=1S/C18H23FN2/c1-4-21(16-7-5-6-15(19)11-16)12-18(20)17-9-8-13(2)10-14(17)3/h5-11,18H,4,12,20H2,1-3H3. The Kier molecular flexibility index (Phi) is 4.97. The van der Waals surface area contributed by atoms with Crippen LogP contribution in [-0.2, 0) is 0 Å². The van der Waals surface area contributed by atoms with Crippen LogP contribution in [0.2, 0.25) is 0 Å². The fraction of sp³-hybridized carbons (Fsp3) is 0.333. The first-order valence-corrected chi connectivity index (χ1v) is 7.34. The highest BCUT2D eigenvalue weighted by Crippen LogP contribution is 2.22. The number of halogens is 1. The lowest BCUT2D eigenvalue weighted by atomic mass is 9.99. The van der Waals surface area contributed by atoms with Gasteiger partial charge in [0, 0.05) is 24.8 Å². The molecule has 1 unspecified atom stereocenters. The summed E-state index contributed by atoms with van der Waals surface area (Å²) in [6, 6.07) is 12.9. The zero-order valence-corrected chi connectivity index (χ0v) is 12.9. The van der Waals surface area contributed by atoms with Gasteiger partial charge in [0.1, 0.15) is 5.82 Å². The Morgan fingerprint density at radius 2 is 1.90 bits per heavy atom. The van der Waals surface area contributed by atoms with Gasteiger partial charge >= 0.3 is 0 Å². The Hall–Kier alpha value is -1.87. The number of hydrogen-bond acceptors (Lipinski definition) is 2. The number of benzene rings is 2. The maximum absolute atomic E-state index is 13.4. The van der Waals surface area contributed by atoms with E-state index < -0.39 is 0 Å². The molecule has 0 radical (unpaired) electrons. The van der Waals surface area contributed by atoms with Crippen LogP contribution in [0, 0.1) is 19.7 Å². The van der Waals surface area contributed by atoms with Crippen LogP contribution in [0.15, 0.2) is 42.5 Å². The van der Waals surface area contributed by atoms with Gasteiger partial charge in [0.05, 0.1) is 0 Å². The van der Waals surface area contributed by atoms with Crippen LogP contribution >= 0.6 is 0 Å². The second-order valence-electron chi connectivity index (χ2n) is 5.49. The highest BCUT2D eigenvalue weighted by Gasteiger charge is 2.14. The first-order chi connectivity index (χ1) is 10.0. The zero-order valence-electron chi connectivity index (χ0n) is 12.9. The topological polar surface area (TPSA) is 29.3 Å². The SMILES string of the molecule is CCN(CC(N)c1ccc(C)cc1C)c1cccc(F)c1. The van der Waals surface area contributed by atoms with Crippen molar-refractivity contribution in [3.05, 3.63) is 65.0 Å². The zero-order chi connectivity index (χ0) is 15.4. The fourth-order valence-corrected chi connectivity index (χ4v) is 2.67. The number of hydrogen-bond donors (Lipinski definition) is 1. The third kappa shape index (κ3) is 3.82. The summed E-state index contributed by atoms with van der Waals surface area (Å²) in [7, 11) is 0. The van der Waals surface area contributed by atoms with Gasteiger partial charge in [0.25, 0.3) is 0 Å². The van der Waals surface area contributed by atoms with E-state index >= 15 is 0 Å². The Labute approximate surface area is 126 Å². The minimum absolute atomic E-state index is 0.0891. The lowest BCUT2D eigenvalue weighted by molar-refractivity contribution is 0.623. The predicted molar refractivity (Wildman–Crippen MR) is 87.1 cm³/mol. The van der Waals surface area contributed by atoms with Gasteiger partial charge < -0.3 is 10.6 Å². The van der Waals surface area contributed by atoms with E-state index in [1.165, 1.54) is 17.2 Å². The summed E-state index contributed by atoms with van der Waals surface area (Å²) >= 11 is 0. The summed E-state index contributed by atoms with van der Waals surface area (Å²) in [5.41, 5.74) is 10.8. The Balaban J connectivity index is 2.18. The molecular weight excluding hydrogens is 263 g/mol. The van der Waals surface area contributed by atoms with Gasteiger partial charge in [-0.15, -0.1) is 0 Å². The molecule has 0 heterocycles. The molecule has 0 saturated carbocycles. The first kappa shape index (κ1) is 15.5. The number of rotatable bonds is 5. The van der Waals surface area contributed by atoms with Crippen molar-refractivity contribution in [1.29, 1.82) is 0 Å². The van der Waals surface area contributed by atoms with Crippen LogP contribution < -0.4 is 10.6 Å². The largest absolute Gasteiger partial charge is 0.370 e. The fourth-order valence-electron chi connectivity index (χ4n) is 2.67. The number of nitrogens with two attached hydrogens (primary N) is 1. The lowest BCUT2D eigenvalue weighted by Gasteiger charge is -2.27. The van der Waals surface area contributed by atoms with Crippen LogP contribution in [0.3, 0.4) is 0 Å². The molecule has 2 N–H and O–H groups in total. The summed E-state index contributed by atoms with van der Waals surface area (Å²) in [5.74, 6) is -0.217. The second kappa shape index (κ2) is 6.72. The van der Waals surface area contributed by atoms with Crippen LogP contribution in [-0.4, -0.2) is 13.1 Å². The number of aryl methyl sites for hydroxylation is 2. The lowest BCUT2D eigenvalue weighted by Crippen LogP contribution is -2.32. The summed E-state index contributed by atoms with van der Waals surface area (Å²) in [6.07, 6.45) is 0. The molecule has 2 aromatic rings. The quantitative estimate of drug-likeness (QED) is 0.901. The molecule has 0 aliphatic rings. The molecule has 2 aromatic carbocycles. The van der Waals surface area contributed by atoms with Crippen LogP contribution in [0.5, 0.6) is 0 Å². The van der Waals surface area contributed by atoms with Crippen molar-refractivity contribution in [3.63, 3.8) is 0 Å². The first-order valence-electron chi connectivity index (χ1n) is 7.34. The molecular formula is C18H23FN2. The van der Waals surface area contributed by atoms with Crippen molar-refractivity contribution in [2.24, 2.45) is 5.73 Å². The molecule has 0 aliphatic heterocycles. The van der Waals surface area contributed by atoms with E-state index in [1.807, 2.05) is 6.07 Å². The second-order valence-corrected chi connectivity index (χ2v) is 5.49. The molecule has 112 valence electrons. The van der Waals surface area contributed by atoms with Crippen molar-refractivity contribution in [3.8, 4) is 0 Å². The van der Waals surface area contributed by atoms with Crippen LogP contribution in [0.25, 0.3) is 0 Å². The van der Waals surface area contributed by atoms with E-state index in [1.54, 1.807) is 12.1 Å². The number of anilines is 1. The monoisotopic (exact) mass is 286 g/mol. The molecule has 0 aromatic heterocycles. The third-order valence-corrected chi connectivity index (χ3v) is 3.80. The van der Waals surface area contributed by atoms with E-state index in [4.69, 9.17) is 5.73 Å². The van der Waals surface area contributed by atoms with E-state index in [2.05, 4.69) is 43.9 Å². The summed E-state index contributed by atoms with van der Waals surface area (Å²) < 4.78 is 13.4. The minimum Gasteiger partial charge on any atom is -0.370 e. The molecule has 21 heavy (non-hydrogen) atoms. The Morgan fingerprint density at radius 3 is 2.52 bits per heavy atom. The van der Waals surface area contributed by atoms with E-state index in [-0.39, 0.29) is 11.9 Å². The maximum atomic E-state index is 13.4. The van der Waals surface area contributed by atoms with Gasteiger partial charge in [0.2, 0.25) is 0 Å². The number of likely N-dealkylation sites (N-methyl/N-ethyl adjacent to an activating group) is 1. The summed E-state index contributed by atoms with van der Waals surface area (Å²) in [5, 5.41) is 0. The Morgan fingerprint density at radius 1 is 1.14 bits per heavy atom. The van der Waals surface area contributed by atoms with E-state index in [0.29, 0.717) is 6.54 Å². The van der Waals surface area contributed by atoms with E-state index in [9.17, 15) is 4.39 Å². The molecule has 0 saturated heterocycles. The van der Waals surface area contributed by atoms with Crippen molar-refractivity contribution >= 4 is 5.69 Å². The molecule has 0 fully saturated rings. The van der Waals surface area contributed by atoms with Crippen molar-refractivity contribution in [2.45, 2.75) is 26.8 Å². The molecule has 0 spiro atoms. The van der Waals surface area contributed by atoms with Gasteiger partial charge in [0.15, 0.2) is 0 Å². The summed E-state index contributed by atoms with van der Waals surface area (Å²) in [6.45, 7) is 7.68. The van der Waals surface area contributed by atoms with Crippen molar-refractivity contribution in [2.75, 3.05) is 18.0 Å². The smallest absolute Gasteiger partial charge is 0.125 e. The van der Waals surface area contributed by atoms with Gasteiger partial charge in [-0.1, -0.05) is 29.8 Å². The molecule has 2 nitrogen and oxygen atoms in total. The Bertz CT molecular complexity index is 610. The minimum atomic E-state index is -0.217. The normalized spacial score (nSPS) is 12.2. The van der Waals surface area contributed by atoms with Gasteiger partial charge in [-0.05, 0) is 50.1 Å². The highest BCUT2D eigenvalue weighted by atomic mass is 19.1. The van der Waals surface area contributed by atoms with E-state index in [0.717, 1.165) is 17.8 Å². The van der Waals surface area contributed by atoms with Crippen LogP contribution in [0.4, 0.5) is 10.1 Å². The molecule has 0 aliphatic carbocycles. The van der Waals surface area contributed by atoms with Crippen LogP contribution in [0.1, 0.15) is 29.7 Å². The average molecular weight is 286 g/mol. The van der Waals surface area contributed by atoms with Crippen molar-refractivity contribution < 1.29 is 4.39 Å². The summed E-state index contributed by atoms with van der Waals surface area (Å²) in [4.78, 5) is 2.10. The highest BCUT2D eigenvalue weighted by molar-refractivity contribution is 5.47.